The zero-order valence-electron chi connectivity index (χ0n) is 16.3. The van der Waals surface area contributed by atoms with E-state index in [1.807, 2.05) is 36.4 Å². The monoisotopic (exact) mass is 397 g/mol. The van der Waals surface area contributed by atoms with Crippen LogP contribution in [-0.4, -0.2) is 67.9 Å². The average molecular weight is 398 g/mol. The Bertz CT molecular complexity index is 804. The second kappa shape index (κ2) is 8.99. The van der Waals surface area contributed by atoms with Crippen LogP contribution >= 0.6 is 11.9 Å². The fourth-order valence-electron chi connectivity index (χ4n) is 3.81. The zero-order valence-corrected chi connectivity index (χ0v) is 17.2. The topological polar surface area (TPSA) is 36.0 Å². The smallest absolute Gasteiger partial charge is 0.178 e. The van der Waals surface area contributed by atoms with Gasteiger partial charge >= 0.3 is 0 Å². The van der Waals surface area contributed by atoms with E-state index in [0.29, 0.717) is 6.54 Å². The molecule has 5 nitrogen and oxygen atoms in total. The third kappa shape index (κ3) is 4.51. The number of fused-ring (bicyclic) bond motifs is 1. The van der Waals surface area contributed by atoms with Gasteiger partial charge in [0.05, 0.1) is 13.7 Å². The van der Waals surface area contributed by atoms with E-state index in [9.17, 15) is 4.79 Å². The van der Waals surface area contributed by atoms with Gasteiger partial charge in [-0.3, -0.25) is 9.69 Å². The predicted octanol–water partition coefficient (Wildman–Crippen LogP) is 3.41. The molecule has 0 saturated carbocycles. The molecule has 0 aliphatic carbocycles. The van der Waals surface area contributed by atoms with Crippen molar-refractivity contribution in [3.8, 4) is 5.75 Å². The van der Waals surface area contributed by atoms with E-state index < -0.39 is 0 Å². The maximum atomic E-state index is 12.3. The van der Waals surface area contributed by atoms with E-state index >= 15 is 0 Å². The summed E-state index contributed by atoms with van der Waals surface area (Å²) in [6.07, 6.45) is 1.09. The quantitative estimate of drug-likeness (QED) is 0.695. The van der Waals surface area contributed by atoms with Gasteiger partial charge < -0.3 is 9.64 Å². The van der Waals surface area contributed by atoms with Gasteiger partial charge in [0.1, 0.15) is 5.75 Å². The first-order valence-electron chi connectivity index (χ1n) is 9.89. The Labute approximate surface area is 171 Å². The number of ether oxygens (including phenoxy) is 1. The summed E-state index contributed by atoms with van der Waals surface area (Å²) in [6, 6.07) is 16.2. The standard InChI is InChI=1S/C22H27N3O2S/c1-27-19-9-7-18(8-10-19)24-15-13-23(14-16-24)11-4-12-25-17-21(26)20-5-2-3-6-22(20)28-25/h2-3,5-10H,4,11-17H2,1H3. The van der Waals surface area contributed by atoms with Gasteiger partial charge in [0.2, 0.25) is 0 Å². The van der Waals surface area contributed by atoms with Crippen LogP contribution in [0.4, 0.5) is 5.69 Å². The number of benzene rings is 2. The van der Waals surface area contributed by atoms with Crippen LogP contribution in [0.1, 0.15) is 16.8 Å². The molecule has 0 unspecified atom stereocenters. The third-order valence-electron chi connectivity index (χ3n) is 5.43. The van der Waals surface area contributed by atoms with Gasteiger partial charge in [-0.15, -0.1) is 0 Å². The van der Waals surface area contributed by atoms with Crippen molar-refractivity contribution in [2.45, 2.75) is 11.3 Å². The van der Waals surface area contributed by atoms with Gasteiger partial charge in [0.25, 0.3) is 0 Å². The molecule has 2 aromatic rings. The lowest BCUT2D eigenvalue weighted by Gasteiger charge is -2.36. The van der Waals surface area contributed by atoms with E-state index in [1.54, 1.807) is 19.1 Å². The van der Waals surface area contributed by atoms with Crippen molar-refractivity contribution in [3.63, 3.8) is 0 Å². The largest absolute Gasteiger partial charge is 0.497 e. The molecule has 2 aliphatic heterocycles. The fourth-order valence-corrected chi connectivity index (χ4v) is 4.91. The van der Waals surface area contributed by atoms with Crippen molar-refractivity contribution >= 4 is 23.4 Å². The number of ketones is 1. The molecule has 0 spiro atoms. The second-order valence-corrected chi connectivity index (χ2v) is 8.39. The third-order valence-corrected chi connectivity index (χ3v) is 6.55. The van der Waals surface area contributed by atoms with Crippen LogP contribution in [0.25, 0.3) is 0 Å². The maximum Gasteiger partial charge on any atom is 0.178 e. The number of hydrogen-bond donors (Lipinski definition) is 0. The highest BCUT2D eigenvalue weighted by atomic mass is 32.2. The molecule has 0 bridgehead atoms. The van der Waals surface area contributed by atoms with Crippen LogP contribution in [0.3, 0.4) is 0 Å². The summed E-state index contributed by atoms with van der Waals surface area (Å²) < 4.78 is 7.45. The Hall–Kier alpha value is -2.02. The van der Waals surface area contributed by atoms with Crippen LogP contribution in [0.2, 0.25) is 0 Å². The van der Waals surface area contributed by atoms with Gasteiger partial charge in [0.15, 0.2) is 5.78 Å². The van der Waals surface area contributed by atoms with Crippen LogP contribution in [0.5, 0.6) is 5.75 Å². The SMILES string of the molecule is COc1ccc(N2CCN(CCCN3CC(=O)c4ccccc4S3)CC2)cc1. The number of hydrogen-bond acceptors (Lipinski definition) is 6. The number of Topliss-reactive ketones (excluding diaryl/α,β-unsaturated/α-hetero) is 1. The van der Waals surface area contributed by atoms with E-state index in [1.165, 1.54) is 5.69 Å². The summed E-state index contributed by atoms with van der Waals surface area (Å²) in [4.78, 5) is 18.4. The number of carbonyl (C=O) groups is 1. The summed E-state index contributed by atoms with van der Waals surface area (Å²) in [7, 11) is 1.70. The second-order valence-electron chi connectivity index (χ2n) is 7.25. The first-order valence-corrected chi connectivity index (χ1v) is 10.7. The number of nitrogens with zero attached hydrogens (tertiary/aromatic N) is 3. The minimum atomic E-state index is 0.238. The highest BCUT2D eigenvalue weighted by Crippen LogP contribution is 2.31. The van der Waals surface area contributed by atoms with Crippen molar-refractivity contribution in [2.75, 3.05) is 57.8 Å². The number of anilines is 1. The summed E-state index contributed by atoms with van der Waals surface area (Å²) in [5.41, 5.74) is 2.14. The molecule has 2 aliphatic rings. The molecule has 1 fully saturated rings. The Kier molecular flexibility index (Phi) is 6.20. The molecule has 4 rings (SSSR count). The Morgan fingerprint density at radius 1 is 0.964 bits per heavy atom. The van der Waals surface area contributed by atoms with Crippen LogP contribution < -0.4 is 9.64 Å². The van der Waals surface area contributed by atoms with E-state index in [2.05, 4.69) is 26.2 Å². The summed E-state index contributed by atoms with van der Waals surface area (Å²) in [5, 5.41) is 0. The highest BCUT2D eigenvalue weighted by molar-refractivity contribution is 7.97. The van der Waals surface area contributed by atoms with Gasteiger partial charge in [0, 0.05) is 48.9 Å². The molecule has 0 aromatic heterocycles. The number of methoxy groups -OCH3 is 1. The van der Waals surface area contributed by atoms with Crippen LogP contribution in [0, 0.1) is 0 Å². The molecule has 2 aromatic carbocycles. The van der Waals surface area contributed by atoms with E-state index in [-0.39, 0.29) is 5.78 Å². The normalized spacial score (nSPS) is 18.2. The molecule has 28 heavy (non-hydrogen) atoms. The summed E-state index contributed by atoms with van der Waals surface area (Å²) >= 11 is 1.72. The molecular formula is C22H27N3O2S. The molecule has 148 valence electrons. The summed E-state index contributed by atoms with van der Waals surface area (Å²) in [6.45, 7) is 6.83. The van der Waals surface area contributed by atoms with Crippen molar-refractivity contribution in [1.82, 2.24) is 9.21 Å². The lowest BCUT2D eigenvalue weighted by Crippen LogP contribution is -2.47. The molecular weight excluding hydrogens is 370 g/mol. The molecule has 0 N–H and O–H groups in total. The summed E-state index contributed by atoms with van der Waals surface area (Å²) in [5.74, 6) is 1.14. The van der Waals surface area contributed by atoms with Crippen molar-refractivity contribution in [2.24, 2.45) is 0 Å². The van der Waals surface area contributed by atoms with Crippen LogP contribution in [-0.2, 0) is 0 Å². The van der Waals surface area contributed by atoms with Crippen LogP contribution in [0.15, 0.2) is 53.4 Å². The molecule has 2 heterocycles. The minimum absolute atomic E-state index is 0.238. The van der Waals surface area contributed by atoms with Gasteiger partial charge in [-0.1, -0.05) is 18.2 Å². The lowest BCUT2D eigenvalue weighted by molar-refractivity contribution is 0.0961. The molecule has 0 amide bonds. The molecule has 6 heteroatoms. The maximum absolute atomic E-state index is 12.3. The first-order chi connectivity index (χ1) is 13.7. The number of carbonyl (C=O) groups excluding carboxylic acids is 1. The number of piperazine rings is 1. The molecule has 0 atom stereocenters. The van der Waals surface area contributed by atoms with Gasteiger partial charge in [-0.05, 0) is 55.2 Å². The fraction of sp³-hybridized carbons (Fsp3) is 0.409. The zero-order chi connectivity index (χ0) is 19.3. The first kappa shape index (κ1) is 19.3. The van der Waals surface area contributed by atoms with Gasteiger partial charge in [-0.2, -0.15) is 0 Å². The molecule has 1 saturated heterocycles. The van der Waals surface area contributed by atoms with Crippen molar-refractivity contribution < 1.29 is 9.53 Å². The number of rotatable bonds is 6. The lowest BCUT2D eigenvalue weighted by atomic mass is 10.1. The Balaban J connectivity index is 1.20. The minimum Gasteiger partial charge on any atom is -0.497 e. The predicted molar refractivity (Wildman–Crippen MR) is 114 cm³/mol. The van der Waals surface area contributed by atoms with E-state index in [0.717, 1.165) is 61.9 Å². The van der Waals surface area contributed by atoms with Gasteiger partial charge in [-0.25, -0.2) is 4.31 Å². The Morgan fingerprint density at radius 2 is 1.71 bits per heavy atom. The van der Waals surface area contributed by atoms with Crippen molar-refractivity contribution in [3.05, 3.63) is 54.1 Å². The highest BCUT2D eigenvalue weighted by Gasteiger charge is 2.23. The Morgan fingerprint density at radius 3 is 2.46 bits per heavy atom. The van der Waals surface area contributed by atoms with E-state index in [4.69, 9.17) is 4.74 Å². The molecule has 0 radical (unpaired) electrons. The average Bonchev–Trinajstić information content (AvgIpc) is 2.74. The van der Waals surface area contributed by atoms with Crippen molar-refractivity contribution in [1.29, 1.82) is 0 Å².